The minimum absolute atomic E-state index is 0.0101. The first-order valence-corrected chi connectivity index (χ1v) is 7.30. The summed E-state index contributed by atoms with van der Waals surface area (Å²) in [6, 6.07) is 6.59. The number of amides is 2. The molecular weight excluding hydrogens is 324 g/mol. The molecule has 6 heteroatoms. The number of urea groups is 1. The summed E-state index contributed by atoms with van der Waals surface area (Å²) in [6.45, 7) is 2.73. The Labute approximate surface area is 126 Å². The van der Waals surface area contributed by atoms with E-state index >= 15 is 0 Å². The molecule has 2 amide bonds. The number of carboxylic acids is 1. The lowest BCUT2D eigenvalue weighted by atomic mass is 10.0. The average molecular weight is 341 g/mol. The van der Waals surface area contributed by atoms with Gasteiger partial charge in [0.2, 0.25) is 0 Å². The van der Waals surface area contributed by atoms with Crippen LogP contribution >= 0.6 is 15.9 Å². The zero-order valence-corrected chi connectivity index (χ0v) is 12.8. The Morgan fingerprint density at radius 3 is 2.90 bits per heavy atom. The van der Waals surface area contributed by atoms with E-state index in [1.54, 1.807) is 0 Å². The van der Waals surface area contributed by atoms with Gasteiger partial charge in [-0.1, -0.05) is 35.0 Å². The van der Waals surface area contributed by atoms with Crippen LogP contribution in [0.1, 0.15) is 18.9 Å². The lowest BCUT2D eigenvalue weighted by Crippen LogP contribution is -2.47. The van der Waals surface area contributed by atoms with E-state index < -0.39 is 12.0 Å². The van der Waals surface area contributed by atoms with Crippen LogP contribution in [-0.2, 0) is 11.3 Å². The van der Waals surface area contributed by atoms with Crippen molar-refractivity contribution in [1.82, 2.24) is 10.2 Å². The molecule has 5 nitrogen and oxygen atoms in total. The third-order valence-corrected chi connectivity index (χ3v) is 4.04. The molecule has 2 rings (SSSR count). The largest absolute Gasteiger partial charge is 0.480 e. The van der Waals surface area contributed by atoms with Gasteiger partial charge < -0.3 is 15.3 Å². The van der Waals surface area contributed by atoms with E-state index in [-0.39, 0.29) is 11.9 Å². The third-order valence-electron chi connectivity index (χ3n) is 3.55. The molecular formula is C14H17BrN2O3. The van der Waals surface area contributed by atoms with Crippen molar-refractivity contribution in [3.05, 3.63) is 34.3 Å². The van der Waals surface area contributed by atoms with Gasteiger partial charge in [0.1, 0.15) is 6.04 Å². The van der Waals surface area contributed by atoms with Crippen molar-refractivity contribution in [2.24, 2.45) is 5.92 Å². The van der Waals surface area contributed by atoms with Gasteiger partial charge in [-0.15, -0.1) is 0 Å². The van der Waals surface area contributed by atoms with Gasteiger partial charge in [0, 0.05) is 17.6 Å². The first-order chi connectivity index (χ1) is 9.49. The van der Waals surface area contributed by atoms with Crippen LogP contribution in [-0.4, -0.2) is 34.6 Å². The average Bonchev–Trinajstić information content (AvgIpc) is 2.78. The molecule has 20 heavy (non-hydrogen) atoms. The fourth-order valence-corrected chi connectivity index (χ4v) is 2.92. The van der Waals surface area contributed by atoms with Crippen LogP contribution < -0.4 is 5.32 Å². The van der Waals surface area contributed by atoms with Crippen LogP contribution in [0.3, 0.4) is 0 Å². The minimum Gasteiger partial charge on any atom is -0.480 e. The van der Waals surface area contributed by atoms with Crippen molar-refractivity contribution >= 4 is 27.9 Å². The van der Waals surface area contributed by atoms with Gasteiger partial charge >= 0.3 is 12.0 Å². The Kier molecular flexibility index (Phi) is 4.65. The normalized spacial score (nSPS) is 21.8. The van der Waals surface area contributed by atoms with Crippen molar-refractivity contribution in [3.63, 3.8) is 0 Å². The minimum atomic E-state index is -0.937. The molecule has 108 valence electrons. The van der Waals surface area contributed by atoms with Gasteiger partial charge in [-0.2, -0.15) is 0 Å². The molecule has 2 atom stereocenters. The van der Waals surface area contributed by atoms with E-state index in [4.69, 9.17) is 0 Å². The molecule has 1 aliphatic rings. The summed E-state index contributed by atoms with van der Waals surface area (Å²) in [6.07, 6.45) is 0.723. The molecule has 0 saturated carbocycles. The van der Waals surface area contributed by atoms with Crippen LogP contribution in [0.4, 0.5) is 4.79 Å². The molecule has 2 unspecified atom stereocenters. The number of hydrogen-bond donors (Lipinski definition) is 2. The number of carbonyl (C=O) groups is 2. The monoisotopic (exact) mass is 340 g/mol. The van der Waals surface area contributed by atoms with Crippen LogP contribution in [0.25, 0.3) is 0 Å². The Morgan fingerprint density at radius 1 is 1.50 bits per heavy atom. The summed E-state index contributed by atoms with van der Waals surface area (Å²) < 4.78 is 0.947. The Morgan fingerprint density at radius 2 is 2.25 bits per heavy atom. The molecule has 0 spiro atoms. The summed E-state index contributed by atoms with van der Waals surface area (Å²) in [4.78, 5) is 24.7. The van der Waals surface area contributed by atoms with E-state index in [1.807, 2.05) is 31.2 Å². The molecule has 1 aromatic rings. The number of carbonyl (C=O) groups excluding carboxylic acids is 1. The van der Waals surface area contributed by atoms with Crippen molar-refractivity contribution in [2.75, 3.05) is 6.54 Å². The van der Waals surface area contributed by atoms with E-state index in [1.165, 1.54) is 4.90 Å². The van der Waals surface area contributed by atoms with E-state index in [2.05, 4.69) is 21.2 Å². The number of nitrogens with one attached hydrogen (secondary N) is 1. The van der Waals surface area contributed by atoms with Gasteiger partial charge in [0.05, 0.1) is 0 Å². The molecule has 1 fully saturated rings. The summed E-state index contributed by atoms with van der Waals surface area (Å²) in [5.41, 5.74) is 0.965. The Hall–Kier alpha value is -1.56. The predicted octanol–water partition coefficient (Wildman–Crippen LogP) is 2.45. The number of aliphatic carboxylic acids is 1. The maximum Gasteiger partial charge on any atom is 0.326 e. The molecule has 0 bridgehead atoms. The van der Waals surface area contributed by atoms with Crippen molar-refractivity contribution in [1.29, 1.82) is 0 Å². The van der Waals surface area contributed by atoms with Gasteiger partial charge in [0.15, 0.2) is 0 Å². The zero-order chi connectivity index (χ0) is 14.7. The topological polar surface area (TPSA) is 69.6 Å². The Bertz CT molecular complexity index is 521. The van der Waals surface area contributed by atoms with Gasteiger partial charge in [-0.25, -0.2) is 9.59 Å². The highest BCUT2D eigenvalue weighted by molar-refractivity contribution is 9.10. The Balaban J connectivity index is 1.96. The number of hydrogen-bond acceptors (Lipinski definition) is 2. The summed E-state index contributed by atoms with van der Waals surface area (Å²) >= 11 is 3.37. The van der Waals surface area contributed by atoms with Crippen molar-refractivity contribution in [3.8, 4) is 0 Å². The smallest absolute Gasteiger partial charge is 0.326 e. The molecule has 1 saturated heterocycles. The quantitative estimate of drug-likeness (QED) is 0.887. The number of rotatable bonds is 3. The van der Waals surface area contributed by atoms with Gasteiger partial charge in [-0.3, -0.25) is 0 Å². The molecule has 2 N–H and O–H groups in total. The second-order valence-corrected chi connectivity index (χ2v) is 5.95. The number of nitrogens with zero attached hydrogens (tertiary/aromatic N) is 1. The van der Waals surface area contributed by atoms with Crippen molar-refractivity contribution < 1.29 is 14.7 Å². The number of halogens is 1. The van der Waals surface area contributed by atoms with E-state index in [9.17, 15) is 14.7 Å². The van der Waals surface area contributed by atoms with Crippen LogP contribution in [0, 0.1) is 5.92 Å². The first kappa shape index (κ1) is 14.8. The molecule has 0 aliphatic carbocycles. The standard InChI is InChI=1S/C14H17BrN2O3/c1-9-5-6-17(12(9)13(18)19)14(20)16-8-10-3-2-4-11(15)7-10/h2-4,7,9,12H,5-6,8H2,1H3,(H,16,20)(H,18,19). The highest BCUT2D eigenvalue weighted by atomic mass is 79.9. The second-order valence-electron chi connectivity index (χ2n) is 5.03. The summed E-state index contributed by atoms with van der Waals surface area (Å²) in [7, 11) is 0. The lowest BCUT2D eigenvalue weighted by Gasteiger charge is -2.23. The lowest BCUT2D eigenvalue weighted by molar-refractivity contribution is -0.142. The van der Waals surface area contributed by atoms with Gasteiger partial charge in [-0.05, 0) is 30.0 Å². The number of likely N-dealkylation sites (tertiary alicyclic amines) is 1. The SMILES string of the molecule is CC1CCN(C(=O)NCc2cccc(Br)c2)C1C(=O)O. The molecule has 1 heterocycles. The molecule has 0 radical (unpaired) electrons. The second kappa shape index (κ2) is 6.26. The summed E-state index contributed by atoms with van der Waals surface area (Å²) in [5, 5.41) is 12.0. The first-order valence-electron chi connectivity index (χ1n) is 6.50. The molecule has 1 aliphatic heterocycles. The highest BCUT2D eigenvalue weighted by Gasteiger charge is 2.39. The van der Waals surface area contributed by atoms with Crippen LogP contribution in [0.2, 0.25) is 0 Å². The highest BCUT2D eigenvalue weighted by Crippen LogP contribution is 2.24. The van der Waals surface area contributed by atoms with E-state index in [0.717, 1.165) is 16.5 Å². The number of carboxylic acid groups (broad SMARTS) is 1. The van der Waals surface area contributed by atoms with Gasteiger partial charge in [0.25, 0.3) is 0 Å². The zero-order valence-electron chi connectivity index (χ0n) is 11.2. The molecule has 1 aromatic carbocycles. The maximum absolute atomic E-state index is 12.1. The van der Waals surface area contributed by atoms with Crippen molar-refractivity contribution in [2.45, 2.75) is 25.9 Å². The maximum atomic E-state index is 12.1. The van der Waals surface area contributed by atoms with Crippen LogP contribution in [0.5, 0.6) is 0 Å². The third kappa shape index (κ3) is 3.30. The van der Waals surface area contributed by atoms with Crippen LogP contribution in [0.15, 0.2) is 28.7 Å². The number of benzene rings is 1. The fourth-order valence-electron chi connectivity index (χ4n) is 2.48. The predicted molar refractivity (Wildman–Crippen MR) is 78.3 cm³/mol. The summed E-state index contributed by atoms with van der Waals surface area (Å²) in [5.74, 6) is -0.947. The van der Waals surface area contributed by atoms with E-state index in [0.29, 0.717) is 13.1 Å². The molecule has 0 aromatic heterocycles. The fraction of sp³-hybridized carbons (Fsp3) is 0.429.